The summed E-state index contributed by atoms with van der Waals surface area (Å²) in [4.78, 5) is 8.95. The summed E-state index contributed by atoms with van der Waals surface area (Å²) in [6, 6.07) is 2.46. The molecule has 0 spiro atoms. The second-order valence-electron chi connectivity index (χ2n) is 6.90. The van der Waals surface area contributed by atoms with Crippen LogP contribution in [0.1, 0.15) is 23.9 Å². The molecule has 3 aromatic rings. The van der Waals surface area contributed by atoms with E-state index in [2.05, 4.69) is 37.2 Å². The molecule has 0 aromatic carbocycles. The smallest absolute Gasteiger partial charge is 0.223 e. The van der Waals surface area contributed by atoms with Crippen molar-refractivity contribution in [1.29, 1.82) is 0 Å². The monoisotopic (exact) mass is 357 g/mol. The van der Waals surface area contributed by atoms with Crippen molar-refractivity contribution in [2.24, 2.45) is 7.05 Å². The van der Waals surface area contributed by atoms with Crippen LogP contribution in [0, 0.1) is 6.92 Å². The van der Waals surface area contributed by atoms with Crippen LogP contribution in [0.3, 0.4) is 0 Å². The van der Waals surface area contributed by atoms with Gasteiger partial charge < -0.3 is 9.05 Å². The van der Waals surface area contributed by atoms with Gasteiger partial charge in [0.25, 0.3) is 0 Å². The maximum atomic E-state index is 5.51. The van der Waals surface area contributed by atoms with Crippen LogP contribution in [-0.4, -0.2) is 61.1 Å². The van der Waals surface area contributed by atoms with Gasteiger partial charge in [0.15, 0.2) is 11.6 Å². The number of aryl methyl sites for hydroxylation is 2. The maximum absolute atomic E-state index is 5.51. The Bertz CT molecular complexity index is 868. The largest absolute Gasteiger partial charge is 0.359 e. The first-order valence-electron chi connectivity index (χ1n) is 8.73. The van der Waals surface area contributed by atoms with Gasteiger partial charge in [0.05, 0.1) is 19.3 Å². The first kappa shape index (κ1) is 16.9. The van der Waals surface area contributed by atoms with Crippen LogP contribution in [0.25, 0.3) is 11.3 Å². The lowest BCUT2D eigenvalue weighted by Crippen LogP contribution is -2.34. The molecule has 0 aliphatic carbocycles. The minimum absolute atomic E-state index is 0.467. The third kappa shape index (κ3) is 3.68. The van der Waals surface area contributed by atoms with E-state index in [-0.39, 0.29) is 0 Å². The van der Waals surface area contributed by atoms with E-state index in [0.717, 1.165) is 48.9 Å². The molecule has 3 aromatic heterocycles. The zero-order valence-corrected chi connectivity index (χ0v) is 15.3. The zero-order valence-electron chi connectivity index (χ0n) is 15.3. The molecule has 0 bridgehead atoms. The number of hydrogen-bond donors (Lipinski definition) is 0. The van der Waals surface area contributed by atoms with E-state index < -0.39 is 0 Å². The Morgan fingerprint density at radius 1 is 1.31 bits per heavy atom. The SMILES string of the molecule is Cc1nc(CN(C)C2CCN(Cc3cc(-c4cnn(C)c4)no3)C2)no1. The van der Waals surface area contributed by atoms with Crippen LogP contribution >= 0.6 is 0 Å². The lowest BCUT2D eigenvalue weighted by Gasteiger charge is -2.23. The normalized spacial score (nSPS) is 18.2. The van der Waals surface area contributed by atoms with Gasteiger partial charge in [0.1, 0.15) is 5.69 Å². The van der Waals surface area contributed by atoms with Crippen molar-refractivity contribution < 1.29 is 9.05 Å². The molecule has 0 N–H and O–H groups in total. The van der Waals surface area contributed by atoms with Crippen molar-refractivity contribution in [1.82, 2.24) is 34.9 Å². The van der Waals surface area contributed by atoms with Crippen molar-refractivity contribution in [2.75, 3.05) is 20.1 Å². The van der Waals surface area contributed by atoms with Crippen molar-refractivity contribution in [3.63, 3.8) is 0 Å². The van der Waals surface area contributed by atoms with Crippen LogP contribution in [-0.2, 0) is 20.1 Å². The number of hydrogen-bond acceptors (Lipinski definition) is 8. The van der Waals surface area contributed by atoms with E-state index in [1.165, 1.54) is 0 Å². The molecule has 1 aliphatic rings. The van der Waals surface area contributed by atoms with Crippen molar-refractivity contribution in [3.8, 4) is 11.3 Å². The maximum Gasteiger partial charge on any atom is 0.223 e. The van der Waals surface area contributed by atoms with Gasteiger partial charge >= 0.3 is 0 Å². The highest BCUT2D eigenvalue weighted by Gasteiger charge is 2.27. The Labute approximate surface area is 151 Å². The molecule has 1 fully saturated rings. The standard InChI is InChI=1S/C17H23N7O2/c1-12-19-17(21-25-12)11-22(2)14-4-5-24(9-14)10-15-6-16(20-26-15)13-7-18-23(3)8-13/h6-8,14H,4-5,9-11H2,1-3H3. The van der Waals surface area contributed by atoms with Gasteiger partial charge in [0, 0.05) is 50.9 Å². The topological polar surface area (TPSA) is 89.3 Å². The lowest BCUT2D eigenvalue weighted by molar-refractivity contribution is 0.208. The average Bonchev–Trinajstić information content (AvgIpc) is 3.36. The number of likely N-dealkylation sites (N-methyl/N-ethyl adjacent to an activating group) is 1. The number of likely N-dealkylation sites (tertiary alicyclic amines) is 1. The van der Waals surface area contributed by atoms with Crippen molar-refractivity contribution in [3.05, 3.63) is 35.9 Å². The Morgan fingerprint density at radius 3 is 2.92 bits per heavy atom. The Kier molecular flexibility index (Phi) is 4.56. The van der Waals surface area contributed by atoms with Gasteiger partial charge in [-0.3, -0.25) is 14.5 Å². The van der Waals surface area contributed by atoms with Gasteiger partial charge in [-0.1, -0.05) is 10.3 Å². The van der Waals surface area contributed by atoms with E-state index in [0.29, 0.717) is 18.5 Å². The van der Waals surface area contributed by atoms with E-state index in [1.54, 1.807) is 10.9 Å². The average molecular weight is 357 g/mol. The first-order valence-corrected chi connectivity index (χ1v) is 8.73. The summed E-state index contributed by atoms with van der Waals surface area (Å²) in [6.07, 6.45) is 4.83. The Morgan fingerprint density at radius 2 is 2.19 bits per heavy atom. The Hall–Kier alpha value is -2.52. The molecule has 4 rings (SSSR count). The lowest BCUT2D eigenvalue weighted by atomic mass is 10.2. The summed E-state index contributed by atoms with van der Waals surface area (Å²) >= 11 is 0. The van der Waals surface area contributed by atoms with Gasteiger partial charge in [0.2, 0.25) is 5.89 Å². The van der Waals surface area contributed by atoms with Gasteiger partial charge in [-0.15, -0.1) is 0 Å². The zero-order chi connectivity index (χ0) is 18.1. The summed E-state index contributed by atoms with van der Waals surface area (Å²) in [5.74, 6) is 2.22. The minimum Gasteiger partial charge on any atom is -0.359 e. The number of aromatic nitrogens is 5. The molecule has 1 unspecified atom stereocenters. The van der Waals surface area contributed by atoms with Gasteiger partial charge in [-0.05, 0) is 13.5 Å². The summed E-state index contributed by atoms with van der Waals surface area (Å²) in [7, 11) is 4.00. The van der Waals surface area contributed by atoms with Gasteiger partial charge in [-0.2, -0.15) is 10.1 Å². The first-order chi connectivity index (χ1) is 12.6. The molecule has 1 saturated heterocycles. The van der Waals surface area contributed by atoms with Crippen LogP contribution < -0.4 is 0 Å². The summed E-state index contributed by atoms with van der Waals surface area (Å²) < 4.78 is 12.3. The predicted octanol–water partition coefficient (Wildman–Crippen LogP) is 1.47. The molecule has 1 atom stereocenters. The van der Waals surface area contributed by atoms with Crippen molar-refractivity contribution >= 4 is 0 Å². The van der Waals surface area contributed by atoms with E-state index in [4.69, 9.17) is 9.05 Å². The fraction of sp³-hybridized carbons (Fsp3) is 0.529. The number of rotatable bonds is 6. The molecular formula is C17H23N7O2. The second kappa shape index (κ2) is 7.00. The predicted molar refractivity (Wildman–Crippen MR) is 92.9 cm³/mol. The molecule has 138 valence electrons. The van der Waals surface area contributed by atoms with E-state index >= 15 is 0 Å². The fourth-order valence-electron chi connectivity index (χ4n) is 3.37. The van der Waals surface area contributed by atoms with Crippen LogP contribution in [0.15, 0.2) is 27.5 Å². The molecular weight excluding hydrogens is 334 g/mol. The highest BCUT2D eigenvalue weighted by Crippen LogP contribution is 2.22. The summed E-state index contributed by atoms with van der Waals surface area (Å²) in [6.45, 7) is 5.28. The van der Waals surface area contributed by atoms with Gasteiger partial charge in [-0.25, -0.2) is 0 Å². The van der Waals surface area contributed by atoms with E-state index in [9.17, 15) is 0 Å². The molecule has 0 radical (unpaired) electrons. The van der Waals surface area contributed by atoms with Crippen LogP contribution in [0.5, 0.6) is 0 Å². The van der Waals surface area contributed by atoms with E-state index in [1.807, 2.05) is 26.2 Å². The highest BCUT2D eigenvalue weighted by molar-refractivity contribution is 5.56. The highest BCUT2D eigenvalue weighted by atomic mass is 16.5. The van der Waals surface area contributed by atoms with Crippen LogP contribution in [0.4, 0.5) is 0 Å². The third-order valence-electron chi connectivity index (χ3n) is 4.77. The molecule has 9 nitrogen and oxygen atoms in total. The molecule has 1 aliphatic heterocycles. The van der Waals surface area contributed by atoms with Crippen molar-refractivity contribution in [2.45, 2.75) is 32.5 Å². The summed E-state index contributed by atoms with van der Waals surface area (Å²) in [5.41, 5.74) is 1.80. The Balaban J connectivity index is 1.32. The second-order valence-corrected chi connectivity index (χ2v) is 6.90. The third-order valence-corrected chi connectivity index (χ3v) is 4.77. The molecule has 0 saturated carbocycles. The molecule has 4 heterocycles. The molecule has 9 heteroatoms. The molecule has 26 heavy (non-hydrogen) atoms. The number of nitrogens with zero attached hydrogens (tertiary/aromatic N) is 7. The fourth-order valence-corrected chi connectivity index (χ4v) is 3.37. The quantitative estimate of drug-likeness (QED) is 0.655. The summed E-state index contributed by atoms with van der Waals surface area (Å²) in [5, 5.41) is 12.3. The molecule has 0 amide bonds. The van der Waals surface area contributed by atoms with Crippen LogP contribution in [0.2, 0.25) is 0 Å². The minimum atomic E-state index is 0.467.